The van der Waals surface area contributed by atoms with Crippen LogP contribution in [-0.2, 0) is 11.2 Å². The average molecular weight is 303 g/mol. The minimum Gasteiger partial charge on any atom is -0.481 e. The normalized spacial score (nSPS) is 26.5. The van der Waals surface area contributed by atoms with Crippen molar-refractivity contribution in [3.8, 4) is 0 Å². The van der Waals surface area contributed by atoms with Crippen molar-refractivity contribution < 1.29 is 9.90 Å². The molecular formula is C19H29NO2. The van der Waals surface area contributed by atoms with E-state index < -0.39 is 5.97 Å². The summed E-state index contributed by atoms with van der Waals surface area (Å²) in [5.74, 6) is 0.859. The molecule has 1 aromatic carbocycles. The van der Waals surface area contributed by atoms with Crippen LogP contribution >= 0.6 is 0 Å². The van der Waals surface area contributed by atoms with Gasteiger partial charge in [-0.3, -0.25) is 4.79 Å². The number of hydrogen-bond donors (Lipinski definition) is 2. The maximum absolute atomic E-state index is 10.9. The van der Waals surface area contributed by atoms with E-state index in [1.165, 1.54) is 24.8 Å². The summed E-state index contributed by atoms with van der Waals surface area (Å²) in [5.41, 5.74) is 1.28. The molecule has 0 amide bonds. The molecule has 3 nitrogen and oxygen atoms in total. The first kappa shape index (κ1) is 17.0. The van der Waals surface area contributed by atoms with Gasteiger partial charge in [0.25, 0.3) is 0 Å². The first-order valence-electron chi connectivity index (χ1n) is 8.56. The van der Waals surface area contributed by atoms with Gasteiger partial charge in [0.1, 0.15) is 0 Å². The van der Waals surface area contributed by atoms with Crippen LogP contribution in [0.5, 0.6) is 0 Å². The van der Waals surface area contributed by atoms with Crippen molar-refractivity contribution in [2.45, 2.75) is 64.5 Å². The van der Waals surface area contributed by atoms with Crippen LogP contribution < -0.4 is 5.32 Å². The van der Waals surface area contributed by atoms with Gasteiger partial charge in [-0.05, 0) is 49.5 Å². The Morgan fingerprint density at radius 3 is 2.59 bits per heavy atom. The van der Waals surface area contributed by atoms with Gasteiger partial charge in [0.15, 0.2) is 0 Å². The SMILES string of the molecule is CC1CCC(NC(CCC(=O)O)Cc2ccccc2)CC1C. The highest BCUT2D eigenvalue weighted by Crippen LogP contribution is 2.29. The number of carboxylic acids is 1. The monoisotopic (exact) mass is 303 g/mol. The van der Waals surface area contributed by atoms with Crippen molar-refractivity contribution >= 4 is 5.97 Å². The summed E-state index contributed by atoms with van der Waals surface area (Å²) in [4.78, 5) is 10.9. The summed E-state index contributed by atoms with van der Waals surface area (Å²) in [6.45, 7) is 4.68. The largest absolute Gasteiger partial charge is 0.481 e. The molecule has 22 heavy (non-hydrogen) atoms. The van der Waals surface area contributed by atoms with Crippen LogP contribution in [0.25, 0.3) is 0 Å². The molecule has 1 aliphatic carbocycles. The van der Waals surface area contributed by atoms with Crippen molar-refractivity contribution in [1.82, 2.24) is 5.32 Å². The number of nitrogens with one attached hydrogen (secondary N) is 1. The van der Waals surface area contributed by atoms with Gasteiger partial charge in [-0.15, -0.1) is 0 Å². The number of benzene rings is 1. The van der Waals surface area contributed by atoms with Gasteiger partial charge in [-0.1, -0.05) is 44.2 Å². The summed E-state index contributed by atoms with van der Waals surface area (Å²) < 4.78 is 0. The highest BCUT2D eigenvalue weighted by atomic mass is 16.4. The van der Waals surface area contributed by atoms with Gasteiger partial charge >= 0.3 is 5.97 Å². The van der Waals surface area contributed by atoms with Crippen molar-refractivity contribution in [2.75, 3.05) is 0 Å². The van der Waals surface area contributed by atoms with Crippen molar-refractivity contribution in [3.63, 3.8) is 0 Å². The fraction of sp³-hybridized carbons (Fsp3) is 0.632. The summed E-state index contributed by atoms with van der Waals surface area (Å²) in [6, 6.07) is 11.2. The van der Waals surface area contributed by atoms with Gasteiger partial charge in [0.05, 0.1) is 0 Å². The maximum Gasteiger partial charge on any atom is 0.303 e. The van der Waals surface area contributed by atoms with E-state index in [0.29, 0.717) is 12.5 Å². The smallest absolute Gasteiger partial charge is 0.303 e. The molecule has 4 unspecified atom stereocenters. The molecule has 0 radical (unpaired) electrons. The highest BCUT2D eigenvalue weighted by Gasteiger charge is 2.26. The van der Waals surface area contributed by atoms with Crippen molar-refractivity contribution in [1.29, 1.82) is 0 Å². The molecule has 0 aromatic heterocycles. The Hall–Kier alpha value is -1.35. The van der Waals surface area contributed by atoms with Crippen molar-refractivity contribution in [2.24, 2.45) is 11.8 Å². The van der Waals surface area contributed by atoms with Gasteiger partial charge in [0.2, 0.25) is 0 Å². The second-order valence-corrected chi connectivity index (χ2v) is 6.95. The van der Waals surface area contributed by atoms with E-state index in [4.69, 9.17) is 5.11 Å². The molecule has 122 valence electrons. The Bertz CT molecular complexity index is 460. The second-order valence-electron chi connectivity index (χ2n) is 6.95. The maximum atomic E-state index is 10.9. The lowest BCUT2D eigenvalue weighted by molar-refractivity contribution is -0.137. The molecule has 2 N–H and O–H groups in total. The molecule has 1 aromatic rings. The van der Waals surface area contributed by atoms with Crippen LogP contribution in [0, 0.1) is 11.8 Å². The Kier molecular flexibility index (Phi) is 6.44. The van der Waals surface area contributed by atoms with Gasteiger partial charge in [0, 0.05) is 18.5 Å². The zero-order valence-corrected chi connectivity index (χ0v) is 13.8. The Balaban J connectivity index is 1.93. The molecule has 0 spiro atoms. The van der Waals surface area contributed by atoms with E-state index in [2.05, 4.69) is 31.3 Å². The lowest BCUT2D eigenvalue weighted by atomic mass is 9.79. The third-order valence-corrected chi connectivity index (χ3v) is 5.10. The molecule has 4 atom stereocenters. The Morgan fingerprint density at radius 1 is 1.23 bits per heavy atom. The number of hydrogen-bond acceptors (Lipinski definition) is 2. The Labute approximate surface area is 134 Å². The van der Waals surface area contributed by atoms with Crippen LogP contribution in [0.2, 0.25) is 0 Å². The van der Waals surface area contributed by atoms with Gasteiger partial charge in [-0.25, -0.2) is 0 Å². The zero-order chi connectivity index (χ0) is 15.9. The van der Waals surface area contributed by atoms with E-state index in [0.717, 1.165) is 18.3 Å². The van der Waals surface area contributed by atoms with E-state index >= 15 is 0 Å². The van der Waals surface area contributed by atoms with Crippen LogP contribution in [-0.4, -0.2) is 23.2 Å². The molecule has 0 bridgehead atoms. The van der Waals surface area contributed by atoms with E-state index in [1.54, 1.807) is 0 Å². The third kappa shape index (κ3) is 5.45. The minimum absolute atomic E-state index is 0.239. The molecule has 0 aliphatic heterocycles. The number of rotatable bonds is 7. The van der Waals surface area contributed by atoms with Gasteiger partial charge in [-0.2, -0.15) is 0 Å². The lowest BCUT2D eigenvalue weighted by Gasteiger charge is -2.35. The predicted octanol–water partition coefficient (Wildman–Crippen LogP) is 3.88. The highest BCUT2D eigenvalue weighted by molar-refractivity contribution is 5.66. The molecule has 1 saturated carbocycles. The molecular weight excluding hydrogens is 274 g/mol. The molecule has 1 aliphatic rings. The quantitative estimate of drug-likeness (QED) is 0.803. The Morgan fingerprint density at radius 2 is 1.95 bits per heavy atom. The standard InChI is InChI=1S/C19H29NO2/c1-14-8-9-17(12-15(14)2)20-18(10-11-19(21)22)13-16-6-4-3-5-7-16/h3-7,14-15,17-18,20H,8-13H2,1-2H3,(H,21,22). The second kappa shape index (κ2) is 8.33. The summed E-state index contributed by atoms with van der Waals surface area (Å²) in [6.07, 6.45) is 5.54. The number of aliphatic carboxylic acids is 1. The first-order chi connectivity index (χ1) is 10.5. The summed E-state index contributed by atoms with van der Waals surface area (Å²) in [5, 5.41) is 12.7. The van der Waals surface area contributed by atoms with Crippen LogP contribution in [0.3, 0.4) is 0 Å². The molecule has 3 heteroatoms. The molecule has 0 saturated heterocycles. The molecule has 1 fully saturated rings. The topological polar surface area (TPSA) is 49.3 Å². The fourth-order valence-corrected chi connectivity index (χ4v) is 3.47. The minimum atomic E-state index is -0.703. The summed E-state index contributed by atoms with van der Waals surface area (Å²) >= 11 is 0. The van der Waals surface area contributed by atoms with Crippen LogP contribution in [0.4, 0.5) is 0 Å². The number of carboxylic acid groups (broad SMARTS) is 1. The van der Waals surface area contributed by atoms with E-state index in [1.807, 2.05) is 18.2 Å². The molecule has 2 rings (SSSR count). The van der Waals surface area contributed by atoms with E-state index in [-0.39, 0.29) is 12.5 Å². The summed E-state index contributed by atoms with van der Waals surface area (Å²) in [7, 11) is 0. The zero-order valence-electron chi connectivity index (χ0n) is 13.8. The van der Waals surface area contributed by atoms with Gasteiger partial charge < -0.3 is 10.4 Å². The van der Waals surface area contributed by atoms with Crippen LogP contribution in [0.15, 0.2) is 30.3 Å². The average Bonchev–Trinajstić information content (AvgIpc) is 2.49. The molecule has 0 heterocycles. The predicted molar refractivity (Wildman–Crippen MR) is 89.9 cm³/mol. The van der Waals surface area contributed by atoms with E-state index in [9.17, 15) is 4.79 Å². The van der Waals surface area contributed by atoms with Crippen molar-refractivity contribution in [3.05, 3.63) is 35.9 Å². The first-order valence-corrected chi connectivity index (χ1v) is 8.56. The third-order valence-electron chi connectivity index (χ3n) is 5.10. The number of carbonyl (C=O) groups is 1. The van der Waals surface area contributed by atoms with Crippen LogP contribution in [0.1, 0.15) is 51.5 Å². The lowest BCUT2D eigenvalue weighted by Crippen LogP contribution is -2.43. The fourth-order valence-electron chi connectivity index (χ4n) is 3.47.